The van der Waals surface area contributed by atoms with E-state index in [9.17, 15) is 4.79 Å². The van der Waals surface area contributed by atoms with Gasteiger partial charge in [-0.3, -0.25) is 0 Å². The number of hydrogen-bond acceptors (Lipinski definition) is 3. The molecule has 4 heteroatoms. The molecule has 0 saturated carbocycles. The lowest BCUT2D eigenvalue weighted by molar-refractivity contribution is 0.0696. The van der Waals surface area contributed by atoms with E-state index in [0.29, 0.717) is 5.56 Å². The molecule has 2 rings (SSSR count). The predicted molar refractivity (Wildman–Crippen MR) is 81.3 cm³/mol. The average molecular weight is 290 g/mol. The first kappa shape index (κ1) is 14.0. The third-order valence-corrected chi connectivity index (χ3v) is 4.71. The summed E-state index contributed by atoms with van der Waals surface area (Å²) in [6, 6.07) is 17.3. The molecule has 2 aromatic rings. The summed E-state index contributed by atoms with van der Waals surface area (Å²) in [5, 5.41) is 8.92. The van der Waals surface area contributed by atoms with Crippen LogP contribution in [0, 0.1) is 0 Å². The minimum Gasteiger partial charge on any atom is -0.478 e. The summed E-state index contributed by atoms with van der Waals surface area (Å²) in [5.74, 6) is 1.09. The summed E-state index contributed by atoms with van der Waals surface area (Å²) in [6.45, 7) is 0. The molecule has 0 aliphatic heterocycles. The van der Waals surface area contributed by atoms with Crippen molar-refractivity contribution in [3.8, 4) is 0 Å². The highest BCUT2D eigenvalue weighted by Gasteiger charge is 2.03. The molecule has 0 fully saturated rings. The number of benzene rings is 2. The SMILES string of the molecule is O=C(O)c1cccc(SCCSc2ccccc2)c1. The van der Waals surface area contributed by atoms with Gasteiger partial charge in [0.15, 0.2) is 0 Å². The van der Waals surface area contributed by atoms with Crippen molar-refractivity contribution in [1.29, 1.82) is 0 Å². The second-order valence-corrected chi connectivity index (χ2v) is 6.18. The maximum absolute atomic E-state index is 10.9. The normalized spacial score (nSPS) is 10.3. The van der Waals surface area contributed by atoms with Gasteiger partial charge in [-0.25, -0.2) is 4.79 Å². The van der Waals surface area contributed by atoms with Gasteiger partial charge in [0, 0.05) is 21.3 Å². The molecule has 98 valence electrons. The summed E-state index contributed by atoms with van der Waals surface area (Å²) >= 11 is 3.50. The van der Waals surface area contributed by atoms with Crippen molar-refractivity contribution in [1.82, 2.24) is 0 Å². The van der Waals surface area contributed by atoms with Crippen LogP contribution in [-0.4, -0.2) is 22.6 Å². The van der Waals surface area contributed by atoms with E-state index < -0.39 is 5.97 Å². The molecule has 0 aromatic heterocycles. The van der Waals surface area contributed by atoms with Gasteiger partial charge in [0.2, 0.25) is 0 Å². The number of thioether (sulfide) groups is 2. The van der Waals surface area contributed by atoms with Crippen LogP contribution in [0.4, 0.5) is 0 Å². The zero-order valence-electron chi connectivity index (χ0n) is 10.3. The second-order valence-electron chi connectivity index (χ2n) is 3.84. The number of carboxylic acid groups (broad SMARTS) is 1. The monoisotopic (exact) mass is 290 g/mol. The molecule has 0 aliphatic rings. The Hall–Kier alpha value is -1.39. The minimum atomic E-state index is -0.874. The van der Waals surface area contributed by atoms with Crippen LogP contribution < -0.4 is 0 Å². The van der Waals surface area contributed by atoms with E-state index in [2.05, 4.69) is 12.1 Å². The molecule has 0 atom stereocenters. The van der Waals surface area contributed by atoms with E-state index in [1.807, 2.05) is 36.0 Å². The lowest BCUT2D eigenvalue weighted by atomic mass is 10.2. The molecular weight excluding hydrogens is 276 g/mol. The van der Waals surface area contributed by atoms with Gasteiger partial charge in [-0.05, 0) is 30.3 Å². The number of hydrogen-bond donors (Lipinski definition) is 1. The zero-order valence-corrected chi connectivity index (χ0v) is 11.9. The molecule has 0 aliphatic carbocycles. The second kappa shape index (κ2) is 7.26. The van der Waals surface area contributed by atoms with E-state index in [1.165, 1.54) is 4.90 Å². The summed E-state index contributed by atoms with van der Waals surface area (Å²) in [5.41, 5.74) is 0.348. The Bertz CT molecular complexity index is 541. The highest BCUT2D eigenvalue weighted by Crippen LogP contribution is 2.23. The molecule has 0 unspecified atom stereocenters. The topological polar surface area (TPSA) is 37.3 Å². The number of carbonyl (C=O) groups is 1. The van der Waals surface area contributed by atoms with Gasteiger partial charge in [0.25, 0.3) is 0 Å². The Kier molecular flexibility index (Phi) is 5.36. The van der Waals surface area contributed by atoms with Crippen LogP contribution >= 0.6 is 23.5 Å². The van der Waals surface area contributed by atoms with Crippen LogP contribution in [0.5, 0.6) is 0 Å². The maximum atomic E-state index is 10.9. The third-order valence-electron chi connectivity index (χ3n) is 2.44. The van der Waals surface area contributed by atoms with Crippen LogP contribution in [-0.2, 0) is 0 Å². The van der Waals surface area contributed by atoms with Crippen LogP contribution in [0.3, 0.4) is 0 Å². The maximum Gasteiger partial charge on any atom is 0.335 e. The van der Waals surface area contributed by atoms with Gasteiger partial charge < -0.3 is 5.11 Å². The van der Waals surface area contributed by atoms with Gasteiger partial charge in [-0.2, -0.15) is 0 Å². The molecule has 2 nitrogen and oxygen atoms in total. The average Bonchev–Trinajstić information content (AvgIpc) is 2.45. The van der Waals surface area contributed by atoms with Crippen LogP contribution in [0.1, 0.15) is 10.4 Å². The van der Waals surface area contributed by atoms with Crippen LogP contribution in [0.15, 0.2) is 64.4 Å². The van der Waals surface area contributed by atoms with E-state index in [4.69, 9.17) is 5.11 Å². The zero-order chi connectivity index (χ0) is 13.5. The van der Waals surface area contributed by atoms with Crippen LogP contribution in [0.2, 0.25) is 0 Å². The predicted octanol–water partition coefficient (Wildman–Crippen LogP) is 4.27. The Morgan fingerprint density at radius 3 is 2.21 bits per heavy atom. The van der Waals surface area contributed by atoms with Crippen molar-refractivity contribution in [3.63, 3.8) is 0 Å². The van der Waals surface area contributed by atoms with E-state index in [0.717, 1.165) is 16.4 Å². The fraction of sp³-hybridized carbons (Fsp3) is 0.133. The summed E-state index contributed by atoms with van der Waals surface area (Å²) in [4.78, 5) is 13.1. The van der Waals surface area contributed by atoms with E-state index in [1.54, 1.807) is 30.0 Å². The molecule has 0 heterocycles. The summed E-state index contributed by atoms with van der Waals surface area (Å²) < 4.78 is 0. The van der Waals surface area contributed by atoms with Gasteiger partial charge in [0.1, 0.15) is 0 Å². The smallest absolute Gasteiger partial charge is 0.335 e. The molecule has 0 radical (unpaired) electrons. The van der Waals surface area contributed by atoms with Gasteiger partial charge in [-0.1, -0.05) is 24.3 Å². The fourth-order valence-corrected chi connectivity index (χ4v) is 3.43. The van der Waals surface area contributed by atoms with Crippen molar-refractivity contribution in [2.45, 2.75) is 9.79 Å². The molecule has 19 heavy (non-hydrogen) atoms. The highest BCUT2D eigenvalue weighted by molar-refractivity contribution is 8.03. The molecular formula is C15H14O2S2. The van der Waals surface area contributed by atoms with Crippen LogP contribution in [0.25, 0.3) is 0 Å². The number of carboxylic acids is 1. The lowest BCUT2D eigenvalue weighted by Gasteiger charge is -2.03. The Morgan fingerprint density at radius 1 is 0.895 bits per heavy atom. The molecule has 0 amide bonds. The van der Waals surface area contributed by atoms with Crippen molar-refractivity contribution < 1.29 is 9.90 Å². The van der Waals surface area contributed by atoms with Gasteiger partial charge in [0.05, 0.1) is 5.56 Å². The standard InChI is InChI=1S/C15H14O2S2/c16-15(17)12-5-4-8-14(11-12)19-10-9-18-13-6-2-1-3-7-13/h1-8,11H,9-10H2,(H,16,17). The summed E-state index contributed by atoms with van der Waals surface area (Å²) in [7, 11) is 0. The van der Waals surface area contributed by atoms with E-state index >= 15 is 0 Å². The molecule has 0 saturated heterocycles. The quantitative estimate of drug-likeness (QED) is 0.637. The first-order valence-electron chi connectivity index (χ1n) is 5.90. The summed E-state index contributed by atoms with van der Waals surface area (Å²) in [6.07, 6.45) is 0. The molecule has 0 bridgehead atoms. The first-order valence-corrected chi connectivity index (χ1v) is 7.87. The van der Waals surface area contributed by atoms with Crippen molar-refractivity contribution >= 4 is 29.5 Å². The lowest BCUT2D eigenvalue weighted by Crippen LogP contribution is -1.95. The molecule has 0 spiro atoms. The highest BCUT2D eigenvalue weighted by atomic mass is 32.2. The number of aromatic carboxylic acids is 1. The largest absolute Gasteiger partial charge is 0.478 e. The van der Waals surface area contributed by atoms with E-state index in [-0.39, 0.29) is 0 Å². The van der Waals surface area contributed by atoms with Crippen molar-refractivity contribution in [2.24, 2.45) is 0 Å². The van der Waals surface area contributed by atoms with Gasteiger partial charge >= 0.3 is 5.97 Å². The van der Waals surface area contributed by atoms with Crippen molar-refractivity contribution in [2.75, 3.05) is 11.5 Å². The first-order chi connectivity index (χ1) is 9.25. The fourth-order valence-electron chi connectivity index (χ4n) is 1.55. The third kappa shape index (κ3) is 4.65. The molecule has 1 N–H and O–H groups in total. The Labute approximate surface area is 121 Å². The molecule has 2 aromatic carbocycles. The Morgan fingerprint density at radius 2 is 1.53 bits per heavy atom. The van der Waals surface area contributed by atoms with Gasteiger partial charge in [-0.15, -0.1) is 23.5 Å². The Balaban J connectivity index is 1.80. The minimum absolute atomic E-state index is 0.348. The number of rotatable bonds is 6. The van der Waals surface area contributed by atoms with Crippen molar-refractivity contribution in [3.05, 3.63) is 60.2 Å².